The molecular weight excluding hydrogens is 399 g/mol. The van der Waals surface area contributed by atoms with Gasteiger partial charge in [-0.1, -0.05) is 68.8 Å². The number of halogens is 1. The predicted octanol–water partition coefficient (Wildman–Crippen LogP) is 4.78. The van der Waals surface area contributed by atoms with Crippen molar-refractivity contribution in [1.29, 1.82) is 0 Å². The minimum Gasteiger partial charge on any atom is -0.354 e. The highest BCUT2D eigenvalue weighted by atomic mass is 32.2. The predicted molar refractivity (Wildman–Crippen MR) is 122 cm³/mol. The Balaban J connectivity index is 2.07. The molecule has 2 rings (SSSR count). The van der Waals surface area contributed by atoms with Gasteiger partial charge in [0.1, 0.15) is 11.9 Å². The largest absolute Gasteiger partial charge is 0.354 e. The van der Waals surface area contributed by atoms with E-state index in [1.54, 1.807) is 23.1 Å². The molecule has 30 heavy (non-hydrogen) atoms. The zero-order chi connectivity index (χ0) is 21.8. The average Bonchev–Trinajstić information content (AvgIpc) is 2.75. The quantitative estimate of drug-likeness (QED) is 0.493. The first-order valence-electron chi connectivity index (χ1n) is 10.5. The van der Waals surface area contributed by atoms with Gasteiger partial charge in [-0.25, -0.2) is 4.39 Å². The standard InChI is InChI=1S/C24H31FN2O2S/c1-3-5-15-26-24(29)22(4-2)27(16-19-11-7-6-8-12-19)23(28)18-30-17-20-13-9-10-14-21(20)25/h6-14,22H,3-5,15-18H2,1-2H3,(H,26,29)/t22-/m0/s1. The maximum absolute atomic E-state index is 13.8. The van der Waals surface area contributed by atoms with Gasteiger partial charge in [-0.05, 0) is 30.0 Å². The van der Waals surface area contributed by atoms with Crippen molar-refractivity contribution in [3.8, 4) is 0 Å². The highest BCUT2D eigenvalue weighted by Gasteiger charge is 2.28. The van der Waals surface area contributed by atoms with Crippen LogP contribution in [0.5, 0.6) is 0 Å². The zero-order valence-corrected chi connectivity index (χ0v) is 18.6. The van der Waals surface area contributed by atoms with E-state index in [4.69, 9.17) is 0 Å². The maximum atomic E-state index is 13.8. The number of carbonyl (C=O) groups is 2. The third-order valence-corrected chi connectivity index (χ3v) is 5.82. The number of benzene rings is 2. The first-order valence-corrected chi connectivity index (χ1v) is 11.6. The average molecular weight is 431 g/mol. The van der Waals surface area contributed by atoms with Crippen molar-refractivity contribution in [1.82, 2.24) is 10.2 Å². The Morgan fingerprint density at radius 2 is 1.77 bits per heavy atom. The molecule has 0 aliphatic rings. The molecule has 6 heteroatoms. The van der Waals surface area contributed by atoms with Gasteiger partial charge in [0, 0.05) is 18.8 Å². The van der Waals surface area contributed by atoms with Gasteiger partial charge in [-0.2, -0.15) is 0 Å². The second-order valence-electron chi connectivity index (χ2n) is 7.16. The first kappa shape index (κ1) is 23.9. The fraction of sp³-hybridized carbons (Fsp3) is 0.417. The van der Waals surface area contributed by atoms with E-state index in [2.05, 4.69) is 12.2 Å². The molecule has 1 atom stereocenters. The van der Waals surface area contributed by atoms with Crippen LogP contribution in [0.3, 0.4) is 0 Å². The molecule has 0 spiro atoms. The number of unbranched alkanes of at least 4 members (excludes halogenated alkanes) is 1. The van der Waals surface area contributed by atoms with Crippen molar-refractivity contribution in [3.05, 3.63) is 71.5 Å². The van der Waals surface area contributed by atoms with Crippen LogP contribution in [0, 0.1) is 5.82 Å². The third-order valence-electron chi connectivity index (χ3n) is 4.85. The van der Waals surface area contributed by atoms with Crippen molar-refractivity contribution in [3.63, 3.8) is 0 Å². The SMILES string of the molecule is CCCCNC(=O)[C@H](CC)N(Cc1ccccc1)C(=O)CSCc1ccccc1F. The number of nitrogens with zero attached hydrogens (tertiary/aromatic N) is 1. The first-order chi connectivity index (χ1) is 14.6. The fourth-order valence-corrected chi connectivity index (χ4v) is 4.05. The Labute approximate surface area is 183 Å². The molecule has 0 aromatic heterocycles. The molecule has 2 aromatic rings. The van der Waals surface area contributed by atoms with Gasteiger partial charge in [0.15, 0.2) is 0 Å². The number of hydrogen-bond acceptors (Lipinski definition) is 3. The molecular formula is C24H31FN2O2S. The molecule has 2 aromatic carbocycles. The fourth-order valence-electron chi connectivity index (χ4n) is 3.15. The Morgan fingerprint density at radius 3 is 2.43 bits per heavy atom. The van der Waals surface area contributed by atoms with Gasteiger partial charge in [0.25, 0.3) is 0 Å². The molecule has 0 radical (unpaired) electrons. The molecule has 0 saturated heterocycles. The van der Waals surface area contributed by atoms with Gasteiger partial charge in [0.05, 0.1) is 5.75 Å². The molecule has 0 unspecified atom stereocenters. The van der Waals surface area contributed by atoms with Crippen LogP contribution in [-0.2, 0) is 21.9 Å². The van der Waals surface area contributed by atoms with Crippen LogP contribution in [0.2, 0.25) is 0 Å². The number of amides is 2. The normalized spacial score (nSPS) is 11.7. The van der Waals surface area contributed by atoms with Crippen LogP contribution in [0.25, 0.3) is 0 Å². The van der Waals surface area contributed by atoms with Crippen LogP contribution < -0.4 is 5.32 Å². The Bertz CT molecular complexity index is 801. The van der Waals surface area contributed by atoms with Crippen molar-refractivity contribution >= 4 is 23.6 Å². The van der Waals surface area contributed by atoms with Crippen LogP contribution in [0.15, 0.2) is 54.6 Å². The smallest absolute Gasteiger partial charge is 0.242 e. The molecule has 0 aliphatic carbocycles. The molecule has 4 nitrogen and oxygen atoms in total. The molecule has 0 bridgehead atoms. The molecule has 0 heterocycles. The van der Waals surface area contributed by atoms with E-state index in [1.165, 1.54) is 17.8 Å². The molecule has 0 aliphatic heterocycles. The second kappa shape index (κ2) is 13.1. The number of rotatable bonds is 12. The van der Waals surface area contributed by atoms with Gasteiger partial charge >= 0.3 is 0 Å². The highest BCUT2D eigenvalue weighted by Crippen LogP contribution is 2.18. The van der Waals surface area contributed by atoms with Gasteiger partial charge in [-0.15, -0.1) is 11.8 Å². The molecule has 2 amide bonds. The summed E-state index contributed by atoms with van der Waals surface area (Å²) < 4.78 is 13.8. The Morgan fingerprint density at radius 1 is 1.07 bits per heavy atom. The van der Waals surface area contributed by atoms with Gasteiger partial charge in [-0.3, -0.25) is 9.59 Å². The lowest BCUT2D eigenvalue weighted by molar-refractivity contribution is -0.139. The van der Waals surface area contributed by atoms with Crippen molar-refractivity contribution in [2.75, 3.05) is 12.3 Å². The minimum atomic E-state index is -0.524. The zero-order valence-electron chi connectivity index (χ0n) is 17.8. The van der Waals surface area contributed by atoms with E-state index in [-0.39, 0.29) is 23.4 Å². The number of hydrogen-bond donors (Lipinski definition) is 1. The van der Waals surface area contributed by atoms with Crippen LogP contribution in [-0.4, -0.2) is 35.1 Å². The second-order valence-corrected chi connectivity index (χ2v) is 8.15. The summed E-state index contributed by atoms with van der Waals surface area (Å²) in [6.45, 7) is 4.98. The van der Waals surface area contributed by atoms with Crippen LogP contribution in [0.1, 0.15) is 44.2 Å². The van der Waals surface area contributed by atoms with E-state index in [9.17, 15) is 14.0 Å². The summed E-state index contributed by atoms with van der Waals surface area (Å²) >= 11 is 1.37. The minimum absolute atomic E-state index is 0.113. The van der Waals surface area contributed by atoms with Crippen molar-refractivity contribution in [2.24, 2.45) is 0 Å². The summed E-state index contributed by atoms with van der Waals surface area (Å²) in [6, 6.07) is 15.7. The lowest BCUT2D eigenvalue weighted by Crippen LogP contribution is -2.49. The topological polar surface area (TPSA) is 49.4 Å². The Kier molecular flexibility index (Phi) is 10.4. The van der Waals surface area contributed by atoms with E-state index < -0.39 is 6.04 Å². The third kappa shape index (κ3) is 7.48. The summed E-state index contributed by atoms with van der Waals surface area (Å²) in [5.74, 6) is 0.115. The lowest BCUT2D eigenvalue weighted by atomic mass is 10.1. The number of nitrogens with one attached hydrogen (secondary N) is 1. The summed E-state index contributed by atoms with van der Waals surface area (Å²) in [5.41, 5.74) is 1.55. The van der Waals surface area contributed by atoms with Crippen molar-refractivity contribution < 1.29 is 14.0 Å². The van der Waals surface area contributed by atoms with E-state index in [0.717, 1.165) is 18.4 Å². The summed E-state index contributed by atoms with van der Waals surface area (Å²) in [5, 5.41) is 2.96. The Hall–Kier alpha value is -2.34. The lowest BCUT2D eigenvalue weighted by Gasteiger charge is -2.30. The molecule has 162 valence electrons. The molecule has 1 N–H and O–H groups in total. The summed E-state index contributed by atoms with van der Waals surface area (Å²) in [7, 11) is 0. The van der Waals surface area contributed by atoms with Gasteiger partial charge < -0.3 is 10.2 Å². The van der Waals surface area contributed by atoms with Crippen molar-refractivity contribution in [2.45, 2.75) is 51.4 Å². The van der Waals surface area contributed by atoms with E-state index in [1.807, 2.05) is 37.3 Å². The van der Waals surface area contributed by atoms with Crippen LogP contribution in [0.4, 0.5) is 4.39 Å². The summed E-state index contributed by atoms with van der Waals surface area (Å²) in [6.07, 6.45) is 2.44. The maximum Gasteiger partial charge on any atom is 0.242 e. The number of carbonyl (C=O) groups excluding carboxylic acids is 2. The molecule has 0 saturated carbocycles. The summed E-state index contributed by atoms with van der Waals surface area (Å²) in [4.78, 5) is 27.5. The van der Waals surface area contributed by atoms with Crippen LogP contribution >= 0.6 is 11.8 Å². The molecule has 0 fully saturated rings. The van der Waals surface area contributed by atoms with Gasteiger partial charge in [0.2, 0.25) is 11.8 Å². The van der Waals surface area contributed by atoms with E-state index in [0.29, 0.717) is 30.8 Å². The highest BCUT2D eigenvalue weighted by molar-refractivity contribution is 7.99. The monoisotopic (exact) mass is 430 g/mol. The van der Waals surface area contributed by atoms with E-state index >= 15 is 0 Å². The number of thioether (sulfide) groups is 1.